The summed E-state index contributed by atoms with van der Waals surface area (Å²) in [5, 5.41) is 13.4. The Morgan fingerprint density at radius 1 is 1.03 bits per heavy atom. The Labute approximate surface area is 219 Å². The highest BCUT2D eigenvalue weighted by molar-refractivity contribution is 5.83. The van der Waals surface area contributed by atoms with Crippen LogP contribution < -0.4 is 15.0 Å². The maximum atomic E-state index is 13.2. The molecule has 5 rings (SSSR count). The summed E-state index contributed by atoms with van der Waals surface area (Å²) in [7, 11) is 3.17. The van der Waals surface area contributed by atoms with Crippen LogP contribution in [0.25, 0.3) is 10.9 Å². The van der Waals surface area contributed by atoms with Gasteiger partial charge in [-0.1, -0.05) is 37.3 Å². The zero-order chi connectivity index (χ0) is 26.5. The van der Waals surface area contributed by atoms with Gasteiger partial charge in [-0.2, -0.15) is 0 Å². The molecule has 0 aliphatic rings. The van der Waals surface area contributed by atoms with E-state index in [0.717, 1.165) is 23.1 Å². The fourth-order valence-electron chi connectivity index (χ4n) is 4.73. The molecule has 2 aromatic carbocycles. The Hall–Kier alpha value is -4.44. The molecule has 1 unspecified atom stereocenters. The largest absolute Gasteiger partial charge is 0.493 e. The number of fused-ring (bicyclic) bond motifs is 1. The van der Waals surface area contributed by atoms with E-state index in [2.05, 4.69) is 44.5 Å². The lowest BCUT2D eigenvalue weighted by atomic mass is 10.1. The van der Waals surface area contributed by atoms with Crippen molar-refractivity contribution in [3.05, 3.63) is 100.0 Å². The molecule has 5 aromatic rings. The van der Waals surface area contributed by atoms with Gasteiger partial charge >= 0.3 is 0 Å². The quantitative estimate of drug-likeness (QED) is 0.277. The average Bonchev–Trinajstić information content (AvgIpc) is 3.62. The van der Waals surface area contributed by atoms with E-state index < -0.39 is 0 Å². The van der Waals surface area contributed by atoms with Crippen molar-refractivity contribution in [3.63, 3.8) is 0 Å². The maximum Gasteiger partial charge on any atom is 0.252 e. The van der Waals surface area contributed by atoms with E-state index in [4.69, 9.17) is 13.9 Å². The van der Waals surface area contributed by atoms with Crippen LogP contribution in [0.1, 0.15) is 42.1 Å². The molecule has 38 heavy (non-hydrogen) atoms. The number of nitrogens with one attached hydrogen (secondary N) is 1. The Morgan fingerprint density at radius 2 is 1.82 bits per heavy atom. The topological polar surface area (TPSA) is 111 Å². The molecule has 0 saturated heterocycles. The lowest BCUT2D eigenvalue weighted by molar-refractivity contribution is 0.161. The number of rotatable bonds is 11. The third kappa shape index (κ3) is 5.30. The summed E-state index contributed by atoms with van der Waals surface area (Å²) in [6.07, 6.45) is 2.37. The van der Waals surface area contributed by atoms with Gasteiger partial charge in [0.05, 0.1) is 32.0 Å². The van der Waals surface area contributed by atoms with Crippen molar-refractivity contribution in [2.24, 2.45) is 0 Å². The van der Waals surface area contributed by atoms with Crippen LogP contribution in [0.2, 0.25) is 0 Å². The van der Waals surface area contributed by atoms with Crippen molar-refractivity contribution in [2.45, 2.75) is 39.0 Å². The van der Waals surface area contributed by atoms with E-state index in [1.165, 1.54) is 0 Å². The first-order valence-electron chi connectivity index (χ1n) is 12.4. The number of pyridine rings is 1. The van der Waals surface area contributed by atoms with Gasteiger partial charge in [-0.3, -0.25) is 9.69 Å². The average molecular weight is 515 g/mol. The first-order valence-corrected chi connectivity index (χ1v) is 12.4. The number of ether oxygens (including phenoxy) is 2. The fourth-order valence-corrected chi connectivity index (χ4v) is 4.73. The van der Waals surface area contributed by atoms with Gasteiger partial charge in [0.2, 0.25) is 0 Å². The molecule has 0 saturated carbocycles. The fraction of sp³-hybridized carbons (Fsp3) is 0.286. The third-order valence-corrected chi connectivity index (χ3v) is 6.60. The number of nitrogens with zero attached hydrogens (tertiary/aromatic N) is 5. The van der Waals surface area contributed by atoms with Crippen LogP contribution in [-0.4, -0.2) is 44.3 Å². The smallest absolute Gasteiger partial charge is 0.252 e. The van der Waals surface area contributed by atoms with Gasteiger partial charge in [0.15, 0.2) is 17.3 Å². The number of hydrogen-bond acceptors (Lipinski definition) is 8. The van der Waals surface area contributed by atoms with E-state index in [1.54, 1.807) is 31.2 Å². The number of methoxy groups -OCH3 is 2. The van der Waals surface area contributed by atoms with Crippen molar-refractivity contribution in [3.8, 4) is 11.5 Å². The highest BCUT2D eigenvalue weighted by Crippen LogP contribution is 2.32. The molecule has 196 valence electrons. The van der Waals surface area contributed by atoms with Gasteiger partial charge in [-0.15, -0.1) is 5.10 Å². The minimum absolute atomic E-state index is 0.152. The second kappa shape index (κ2) is 11.3. The molecule has 1 N–H and O–H groups in total. The molecule has 10 nitrogen and oxygen atoms in total. The van der Waals surface area contributed by atoms with Crippen LogP contribution in [0.5, 0.6) is 11.5 Å². The van der Waals surface area contributed by atoms with Crippen molar-refractivity contribution in [2.75, 3.05) is 14.2 Å². The highest BCUT2D eigenvalue weighted by Gasteiger charge is 2.26. The second-order valence-electron chi connectivity index (χ2n) is 9.01. The van der Waals surface area contributed by atoms with Crippen LogP contribution >= 0.6 is 0 Å². The van der Waals surface area contributed by atoms with E-state index in [0.29, 0.717) is 48.0 Å². The molecule has 0 radical (unpaired) electrons. The summed E-state index contributed by atoms with van der Waals surface area (Å²) >= 11 is 0. The zero-order valence-electron chi connectivity index (χ0n) is 21.6. The zero-order valence-corrected chi connectivity index (χ0v) is 21.6. The Kier molecular flexibility index (Phi) is 7.50. The minimum atomic E-state index is -0.159. The van der Waals surface area contributed by atoms with E-state index in [9.17, 15) is 4.79 Å². The molecule has 3 aromatic heterocycles. The van der Waals surface area contributed by atoms with Crippen molar-refractivity contribution in [1.29, 1.82) is 0 Å². The predicted molar refractivity (Wildman–Crippen MR) is 142 cm³/mol. The molecule has 1 atom stereocenters. The highest BCUT2D eigenvalue weighted by atomic mass is 16.5. The number of aromatic amines is 1. The van der Waals surface area contributed by atoms with E-state index in [1.807, 2.05) is 42.5 Å². The number of benzene rings is 2. The van der Waals surface area contributed by atoms with E-state index >= 15 is 0 Å². The Balaban J connectivity index is 1.53. The van der Waals surface area contributed by atoms with Gasteiger partial charge in [0.25, 0.3) is 5.56 Å². The predicted octanol–water partition coefficient (Wildman–Crippen LogP) is 4.33. The first-order chi connectivity index (χ1) is 18.6. The molecule has 0 aliphatic carbocycles. The Bertz CT molecular complexity index is 1550. The van der Waals surface area contributed by atoms with E-state index in [-0.39, 0.29) is 11.6 Å². The monoisotopic (exact) mass is 514 g/mol. The van der Waals surface area contributed by atoms with Gasteiger partial charge < -0.3 is 18.9 Å². The summed E-state index contributed by atoms with van der Waals surface area (Å²) < 4.78 is 18.2. The van der Waals surface area contributed by atoms with Crippen molar-refractivity contribution >= 4 is 10.9 Å². The molecule has 10 heteroatoms. The second-order valence-corrected chi connectivity index (χ2v) is 9.01. The van der Waals surface area contributed by atoms with Crippen molar-refractivity contribution < 1.29 is 13.9 Å². The summed E-state index contributed by atoms with van der Waals surface area (Å²) in [6.45, 7) is 3.51. The molecule has 0 bridgehead atoms. The summed E-state index contributed by atoms with van der Waals surface area (Å²) in [5.74, 6) is 2.63. The summed E-state index contributed by atoms with van der Waals surface area (Å²) in [4.78, 5) is 18.5. The van der Waals surface area contributed by atoms with Crippen molar-refractivity contribution in [1.82, 2.24) is 30.1 Å². The maximum absolute atomic E-state index is 13.2. The molecule has 0 amide bonds. The lowest BCUT2D eigenvalue weighted by Gasteiger charge is -2.30. The van der Waals surface area contributed by atoms with Gasteiger partial charge in [-0.25, -0.2) is 4.68 Å². The SMILES string of the molecule is CCC(c1nnnn1Cc1ccco1)N(Cc1ccccc1)Cc1cc2cc(OC)c(OC)cc2[nH]c1=O. The molecule has 0 fully saturated rings. The van der Waals surface area contributed by atoms with Crippen LogP contribution in [-0.2, 0) is 19.6 Å². The van der Waals surface area contributed by atoms with Crippen LogP contribution in [0, 0.1) is 0 Å². The van der Waals surface area contributed by atoms with Crippen LogP contribution in [0.15, 0.2) is 76.1 Å². The number of H-pyrrole nitrogens is 1. The van der Waals surface area contributed by atoms with Gasteiger partial charge in [0, 0.05) is 30.1 Å². The number of furan rings is 1. The molecule has 0 aliphatic heterocycles. The molecular weight excluding hydrogens is 484 g/mol. The standard InChI is InChI=1S/C28H30N6O4/c1-4-24(27-30-31-32-34(27)18-22-11-8-12-38-22)33(16-19-9-6-5-7-10-19)17-21-13-20-14-25(36-2)26(37-3)15-23(20)29-28(21)35/h5-15,24H,4,16-18H2,1-3H3,(H,29,35). The molecule has 3 heterocycles. The normalized spacial score (nSPS) is 12.2. The number of tetrazole rings is 1. The lowest BCUT2D eigenvalue weighted by Crippen LogP contribution is -2.32. The number of hydrogen-bond donors (Lipinski definition) is 1. The van der Waals surface area contributed by atoms with Crippen LogP contribution in [0.3, 0.4) is 0 Å². The van der Waals surface area contributed by atoms with Gasteiger partial charge in [-0.05, 0) is 46.7 Å². The number of aromatic nitrogens is 5. The van der Waals surface area contributed by atoms with Crippen LogP contribution in [0.4, 0.5) is 0 Å². The summed E-state index contributed by atoms with van der Waals surface area (Å²) in [6, 6.07) is 19.3. The Morgan fingerprint density at radius 3 is 2.53 bits per heavy atom. The minimum Gasteiger partial charge on any atom is -0.493 e. The summed E-state index contributed by atoms with van der Waals surface area (Å²) in [5.41, 5.74) is 2.28. The third-order valence-electron chi connectivity index (χ3n) is 6.60. The van der Waals surface area contributed by atoms with Gasteiger partial charge in [0.1, 0.15) is 12.3 Å². The molecular formula is C28H30N6O4. The molecule has 0 spiro atoms. The first kappa shape index (κ1) is 25.2.